The Morgan fingerprint density at radius 3 is 3.00 bits per heavy atom. The van der Waals surface area contributed by atoms with E-state index in [1.807, 2.05) is 24.9 Å². The summed E-state index contributed by atoms with van der Waals surface area (Å²) < 4.78 is 5.08. The first-order valence-electron chi connectivity index (χ1n) is 4.49. The molecule has 1 aromatic rings. The SMILES string of the molecule is CCN=CN(C)c1cncc(OC)c1. The van der Waals surface area contributed by atoms with Crippen LogP contribution >= 0.6 is 0 Å². The quantitative estimate of drug-likeness (QED) is 0.538. The molecule has 1 rings (SSSR count). The van der Waals surface area contributed by atoms with Crippen LogP contribution in [0.25, 0.3) is 0 Å². The van der Waals surface area contributed by atoms with Gasteiger partial charge in [-0.25, -0.2) is 0 Å². The standard InChI is InChI=1S/C10H15N3O/c1-4-11-8-13(2)9-5-10(14-3)7-12-6-9/h5-8H,4H2,1-3H3. The highest BCUT2D eigenvalue weighted by molar-refractivity contribution is 5.78. The minimum absolute atomic E-state index is 0.749. The lowest BCUT2D eigenvalue weighted by molar-refractivity contribution is 0.413. The lowest BCUT2D eigenvalue weighted by atomic mass is 10.4. The highest BCUT2D eigenvalue weighted by Gasteiger charge is 1.99. The molecule has 0 spiro atoms. The van der Waals surface area contributed by atoms with Gasteiger partial charge in [-0.3, -0.25) is 9.98 Å². The molecule has 0 bridgehead atoms. The van der Waals surface area contributed by atoms with Crippen LogP contribution in [0.2, 0.25) is 0 Å². The molecule has 0 atom stereocenters. The highest BCUT2D eigenvalue weighted by atomic mass is 16.5. The second-order valence-corrected chi connectivity index (χ2v) is 2.81. The Labute approximate surface area is 84.2 Å². The Morgan fingerprint density at radius 1 is 1.57 bits per heavy atom. The van der Waals surface area contributed by atoms with E-state index in [4.69, 9.17) is 4.74 Å². The molecule has 14 heavy (non-hydrogen) atoms. The average Bonchev–Trinajstić information content (AvgIpc) is 2.26. The normalized spacial score (nSPS) is 10.5. The number of hydrogen-bond acceptors (Lipinski definition) is 3. The van der Waals surface area contributed by atoms with Crippen molar-refractivity contribution in [1.29, 1.82) is 0 Å². The molecule has 0 aliphatic carbocycles. The number of hydrogen-bond donors (Lipinski definition) is 0. The number of ether oxygens (including phenoxy) is 1. The van der Waals surface area contributed by atoms with E-state index in [0.29, 0.717) is 0 Å². The van der Waals surface area contributed by atoms with Crippen LogP contribution in [0, 0.1) is 0 Å². The lowest BCUT2D eigenvalue weighted by Crippen LogP contribution is -2.14. The number of pyridine rings is 1. The van der Waals surface area contributed by atoms with Gasteiger partial charge in [0.05, 0.1) is 31.5 Å². The van der Waals surface area contributed by atoms with Crippen LogP contribution in [-0.4, -0.2) is 32.0 Å². The van der Waals surface area contributed by atoms with E-state index in [-0.39, 0.29) is 0 Å². The monoisotopic (exact) mass is 193 g/mol. The van der Waals surface area contributed by atoms with Crippen LogP contribution in [0.15, 0.2) is 23.5 Å². The molecule has 1 heterocycles. The third-order valence-corrected chi connectivity index (χ3v) is 1.78. The maximum Gasteiger partial charge on any atom is 0.139 e. The third-order valence-electron chi connectivity index (χ3n) is 1.78. The van der Waals surface area contributed by atoms with Crippen molar-refractivity contribution in [3.8, 4) is 5.75 Å². The van der Waals surface area contributed by atoms with Crippen LogP contribution < -0.4 is 9.64 Å². The van der Waals surface area contributed by atoms with Gasteiger partial charge in [-0.2, -0.15) is 0 Å². The Morgan fingerprint density at radius 2 is 2.36 bits per heavy atom. The number of anilines is 1. The first-order valence-corrected chi connectivity index (χ1v) is 4.49. The fraction of sp³-hybridized carbons (Fsp3) is 0.400. The van der Waals surface area contributed by atoms with Crippen LogP contribution in [0.4, 0.5) is 5.69 Å². The summed E-state index contributed by atoms with van der Waals surface area (Å²) in [4.78, 5) is 10.1. The Bertz CT molecular complexity index is 312. The number of aliphatic imine (C=N–C) groups is 1. The molecule has 1 aromatic heterocycles. The molecule has 4 nitrogen and oxygen atoms in total. The summed E-state index contributed by atoms with van der Waals surface area (Å²) in [6.45, 7) is 2.77. The average molecular weight is 193 g/mol. The van der Waals surface area contributed by atoms with Gasteiger partial charge in [0, 0.05) is 19.7 Å². The molecule has 0 unspecified atom stereocenters. The van der Waals surface area contributed by atoms with Crippen molar-refractivity contribution < 1.29 is 4.74 Å². The summed E-state index contributed by atoms with van der Waals surface area (Å²) in [5.41, 5.74) is 0.960. The Kier molecular flexibility index (Phi) is 3.91. The topological polar surface area (TPSA) is 37.7 Å². The zero-order chi connectivity index (χ0) is 10.4. The number of rotatable bonds is 4. The van der Waals surface area contributed by atoms with E-state index in [0.717, 1.165) is 18.0 Å². The van der Waals surface area contributed by atoms with E-state index in [2.05, 4.69) is 9.98 Å². The van der Waals surface area contributed by atoms with Gasteiger partial charge in [-0.05, 0) is 6.92 Å². The van der Waals surface area contributed by atoms with E-state index in [1.54, 1.807) is 25.8 Å². The van der Waals surface area contributed by atoms with E-state index in [1.165, 1.54) is 0 Å². The summed E-state index contributed by atoms with van der Waals surface area (Å²) in [6, 6.07) is 1.91. The molecule has 76 valence electrons. The van der Waals surface area contributed by atoms with Crippen molar-refractivity contribution in [2.75, 3.05) is 25.6 Å². The van der Waals surface area contributed by atoms with Crippen molar-refractivity contribution in [3.05, 3.63) is 18.5 Å². The molecule has 0 radical (unpaired) electrons. The van der Waals surface area contributed by atoms with Crippen molar-refractivity contribution in [1.82, 2.24) is 4.98 Å². The van der Waals surface area contributed by atoms with Crippen molar-refractivity contribution >= 4 is 12.0 Å². The fourth-order valence-corrected chi connectivity index (χ4v) is 0.983. The first-order chi connectivity index (χ1) is 6.77. The smallest absolute Gasteiger partial charge is 0.139 e. The summed E-state index contributed by atoms with van der Waals surface area (Å²) in [7, 11) is 3.55. The predicted molar refractivity (Wildman–Crippen MR) is 58.2 cm³/mol. The Balaban J connectivity index is 2.78. The van der Waals surface area contributed by atoms with E-state index < -0.39 is 0 Å². The zero-order valence-corrected chi connectivity index (χ0v) is 8.77. The van der Waals surface area contributed by atoms with Gasteiger partial charge in [0.1, 0.15) is 5.75 Å². The fourth-order valence-electron chi connectivity index (χ4n) is 0.983. The molecule has 0 amide bonds. The van der Waals surface area contributed by atoms with E-state index >= 15 is 0 Å². The van der Waals surface area contributed by atoms with Gasteiger partial charge in [0.25, 0.3) is 0 Å². The first kappa shape index (κ1) is 10.5. The molecular weight excluding hydrogens is 178 g/mol. The minimum atomic E-state index is 0.749. The van der Waals surface area contributed by atoms with Crippen molar-refractivity contribution in [2.24, 2.45) is 4.99 Å². The largest absolute Gasteiger partial charge is 0.495 e. The summed E-state index contributed by atoms with van der Waals surface area (Å²) in [6.07, 6.45) is 5.22. The zero-order valence-electron chi connectivity index (χ0n) is 8.77. The van der Waals surface area contributed by atoms with Crippen LogP contribution in [0.3, 0.4) is 0 Å². The molecule has 0 aliphatic rings. The summed E-state index contributed by atoms with van der Waals surface area (Å²) in [5, 5.41) is 0. The molecule has 0 saturated heterocycles. The third kappa shape index (κ3) is 2.73. The second kappa shape index (κ2) is 5.21. The molecule has 0 N–H and O–H groups in total. The predicted octanol–water partition coefficient (Wildman–Crippen LogP) is 1.57. The van der Waals surface area contributed by atoms with Crippen molar-refractivity contribution in [3.63, 3.8) is 0 Å². The van der Waals surface area contributed by atoms with Crippen LogP contribution in [0.1, 0.15) is 6.92 Å². The van der Waals surface area contributed by atoms with E-state index in [9.17, 15) is 0 Å². The minimum Gasteiger partial charge on any atom is -0.495 e. The van der Waals surface area contributed by atoms with Crippen LogP contribution in [0.5, 0.6) is 5.75 Å². The second-order valence-electron chi connectivity index (χ2n) is 2.81. The van der Waals surface area contributed by atoms with Gasteiger partial charge in [0.2, 0.25) is 0 Å². The maximum absolute atomic E-state index is 5.08. The molecule has 0 saturated carbocycles. The van der Waals surface area contributed by atoms with Gasteiger partial charge < -0.3 is 9.64 Å². The maximum atomic E-state index is 5.08. The summed E-state index contributed by atoms with van der Waals surface area (Å²) >= 11 is 0. The van der Waals surface area contributed by atoms with Gasteiger partial charge in [-0.15, -0.1) is 0 Å². The Hall–Kier alpha value is -1.58. The molecule has 4 heteroatoms. The summed E-state index contributed by atoms with van der Waals surface area (Å²) in [5.74, 6) is 0.749. The lowest BCUT2D eigenvalue weighted by Gasteiger charge is -2.13. The van der Waals surface area contributed by atoms with Gasteiger partial charge in [-0.1, -0.05) is 0 Å². The highest BCUT2D eigenvalue weighted by Crippen LogP contribution is 2.16. The van der Waals surface area contributed by atoms with Crippen LogP contribution in [-0.2, 0) is 0 Å². The number of methoxy groups -OCH3 is 1. The number of aromatic nitrogens is 1. The molecule has 0 fully saturated rings. The molecular formula is C10H15N3O. The van der Waals surface area contributed by atoms with Gasteiger partial charge in [0.15, 0.2) is 0 Å². The van der Waals surface area contributed by atoms with Crippen molar-refractivity contribution in [2.45, 2.75) is 6.92 Å². The molecule has 0 aliphatic heterocycles. The van der Waals surface area contributed by atoms with Gasteiger partial charge >= 0.3 is 0 Å². The molecule has 0 aromatic carbocycles. The number of nitrogens with zero attached hydrogens (tertiary/aromatic N) is 3.